The second-order valence-corrected chi connectivity index (χ2v) is 8.64. The molecule has 31 heavy (non-hydrogen) atoms. The summed E-state index contributed by atoms with van der Waals surface area (Å²) in [6.45, 7) is 9.88. The van der Waals surface area contributed by atoms with Crippen molar-refractivity contribution in [3.8, 4) is 11.5 Å². The third-order valence-electron chi connectivity index (χ3n) is 4.74. The number of ether oxygens (including phenoxy) is 2. The number of nitrogens with one attached hydrogen (secondary N) is 1. The van der Waals surface area contributed by atoms with Crippen molar-refractivity contribution in [2.24, 2.45) is 0 Å². The quantitative estimate of drug-likeness (QED) is 0.655. The van der Waals surface area contributed by atoms with Crippen LogP contribution in [0.5, 0.6) is 11.5 Å². The summed E-state index contributed by atoms with van der Waals surface area (Å²) in [4.78, 5) is 27.8. The van der Waals surface area contributed by atoms with Crippen molar-refractivity contribution in [3.05, 3.63) is 59.7 Å². The van der Waals surface area contributed by atoms with Crippen molar-refractivity contribution < 1.29 is 19.1 Å². The standard InChI is InChI=1S/C25H34N2O4/c1-7-22(24(29)26-25(3,4)5)27(16-19-10-8-9-18(2)15-19)23(28)17-31-21-13-11-20(30-6)12-14-21/h8-15,22H,7,16-17H2,1-6H3,(H,26,29)/t22-/m1/s1. The van der Waals surface area contributed by atoms with E-state index in [0.717, 1.165) is 11.1 Å². The van der Waals surface area contributed by atoms with Crippen LogP contribution in [-0.4, -0.2) is 42.0 Å². The zero-order valence-electron chi connectivity index (χ0n) is 19.4. The Bertz CT molecular complexity index is 872. The Labute approximate surface area is 185 Å². The fraction of sp³-hybridized carbons (Fsp3) is 0.440. The third-order valence-corrected chi connectivity index (χ3v) is 4.74. The van der Waals surface area contributed by atoms with Gasteiger partial charge in [-0.25, -0.2) is 0 Å². The minimum atomic E-state index is -0.591. The van der Waals surface area contributed by atoms with Gasteiger partial charge in [0.1, 0.15) is 17.5 Å². The van der Waals surface area contributed by atoms with Gasteiger partial charge in [0.15, 0.2) is 6.61 Å². The van der Waals surface area contributed by atoms with E-state index in [1.54, 1.807) is 36.3 Å². The summed E-state index contributed by atoms with van der Waals surface area (Å²) in [5.74, 6) is 0.871. The lowest BCUT2D eigenvalue weighted by Crippen LogP contribution is -2.54. The minimum Gasteiger partial charge on any atom is -0.497 e. The molecule has 2 aromatic rings. The van der Waals surface area contributed by atoms with E-state index in [0.29, 0.717) is 24.5 Å². The number of nitrogens with zero attached hydrogens (tertiary/aromatic N) is 1. The van der Waals surface area contributed by atoms with Gasteiger partial charge < -0.3 is 19.7 Å². The van der Waals surface area contributed by atoms with Gasteiger partial charge in [-0.15, -0.1) is 0 Å². The lowest BCUT2D eigenvalue weighted by molar-refractivity contribution is -0.143. The van der Waals surface area contributed by atoms with E-state index in [9.17, 15) is 9.59 Å². The molecule has 168 valence electrons. The maximum Gasteiger partial charge on any atom is 0.261 e. The van der Waals surface area contributed by atoms with Crippen LogP contribution in [0.25, 0.3) is 0 Å². The maximum absolute atomic E-state index is 13.2. The summed E-state index contributed by atoms with van der Waals surface area (Å²) < 4.78 is 10.9. The van der Waals surface area contributed by atoms with Crippen molar-refractivity contribution >= 4 is 11.8 Å². The molecule has 6 nitrogen and oxygen atoms in total. The van der Waals surface area contributed by atoms with Gasteiger partial charge in [-0.1, -0.05) is 36.8 Å². The molecule has 0 heterocycles. The molecular formula is C25H34N2O4. The number of methoxy groups -OCH3 is 1. The topological polar surface area (TPSA) is 67.9 Å². The second kappa shape index (κ2) is 10.8. The van der Waals surface area contributed by atoms with Gasteiger partial charge in [-0.2, -0.15) is 0 Å². The van der Waals surface area contributed by atoms with E-state index < -0.39 is 6.04 Å². The van der Waals surface area contributed by atoms with E-state index in [4.69, 9.17) is 9.47 Å². The number of carbonyl (C=O) groups is 2. The molecule has 0 saturated heterocycles. The van der Waals surface area contributed by atoms with Crippen LogP contribution in [0.2, 0.25) is 0 Å². The van der Waals surface area contributed by atoms with Gasteiger partial charge >= 0.3 is 0 Å². The fourth-order valence-electron chi connectivity index (χ4n) is 3.28. The molecule has 0 aliphatic carbocycles. The van der Waals surface area contributed by atoms with Crippen LogP contribution >= 0.6 is 0 Å². The van der Waals surface area contributed by atoms with Crippen LogP contribution in [0.3, 0.4) is 0 Å². The fourth-order valence-corrected chi connectivity index (χ4v) is 3.28. The molecule has 2 rings (SSSR count). The number of amides is 2. The first kappa shape index (κ1) is 24.3. The summed E-state index contributed by atoms with van der Waals surface area (Å²) in [6, 6.07) is 14.4. The van der Waals surface area contributed by atoms with E-state index >= 15 is 0 Å². The molecule has 1 N–H and O–H groups in total. The SMILES string of the molecule is CC[C@H](C(=O)NC(C)(C)C)N(Cc1cccc(C)c1)C(=O)COc1ccc(OC)cc1. The number of carbonyl (C=O) groups excluding carboxylic acids is 2. The molecule has 0 aliphatic heterocycles. The smallest absolute Gasteiger partial charge is 0.261 e. The average Bonchev–Trinajstić information content (AvgIpc) is 2.71. The average molecular weight is 427 g/mol. The Morgan fingerprint density at radius 2 is 1.71 bits per heavy atom. The van der Waals surface area contributed by atoms with Crippen molar-refractivity contribution in [1.29, 1.82) is 0 Å². The van der Waals surface area contributed by atoms with Crippen LogP contribution in [0.4, 0.5) is 0 Å². The largest absolute Gasteiger partial charge is 0.497 e. The second-order valence-electron chi connectivity index (χ2n) is 8.64. The number of hydrogen-bond donors (Lipinski definition) is 1. The lowest BCUT2D eigenvalue weighted by atomic mass is 10.1. The zero-order chi connectivity index (χ0) is 23.0. The number of benzene rings is 2. The molecule has 1 atom stereocenters. The van der Waals surface area contributed by atoms with Gasteiger partial charge in [-0.3, -0.25) is 9.59 Å². The molecule has 0 spiro atoms. The molecule has 0 unspecified atom stereocenters. The molecule has 0 saturated carbocycles. The predicted octanol–water partition coefficient (Wildman–Crippen LogP) is 4.10. The van der Waals surface area contributed by atoms with Crippen molar-refractivity contribution in [1.82, 2.24) is 10.2 Å². The summed E-state index contributed by atoms with van der Waals surface area (Å²) >= 11 is 0. The van der Waals surface area contributed by atoms with E-state index in [1.165, 1.54) is 0 Å². The highest BCUT2D eigenvalue weighted by Crippen LogP contribution is 2.19. The first-order valence-corrected chi connectivity index (χ1v) is 10.6. The molecule has 0 aromatic heterocycles. The van der Waals surface area contributed by atoms with Crippen molar-refractivity contribution in [2.45, 2.75) is 59.2 Å². The van der Waals surface area contributed by atoms with Crippen LogP contribution < -0.4 is 14.8 Å². The normalized spacial score (nSPS) is 12.1. The predicted molar refractivity (Wildman–Crippen MR) is 122 cm³/mol. The van der Waals surface area contributed by atoms with Crippen LogP contribution in [-0.2, 0) is 16.1 Å². The molecule has 2 aromatic carbocycles. The van der Waals surface area contributed by atoms with Crippen molar-refractivity contribution in [3.63, 3.8) is 0 Å². The summed E-state index contributed by atoms with van der Waals surface area (Å²) in [7, 11) is 1.59. The summed E-state index contributed by atoms with van der Waals surface area (Å²) in [5.41, 5.74) is 1.69. The Morgan fingerprint density at radius 3 is 2.26 bits per heavy atom. The van der Waals surface area contributed by atoms with Crippen LogP contribution in [0.15, 0.2) is 48.5 Å². The number of hydrogen-bond acceptors (Lipinski definition) is 4. The number of aryl methyl sites for hydroxylation is 1. The molecule has 0 fully saturated rings. The van der Waals surface area contributed by atoms with Gasteiger partial charge in [-0.05, 0) is 63.9 Å². The highest BCUT2D eigenvalue weighted by molar-refractivity contribution is 5.88. The Morgan fingerprint density at radius 1 is 1.06 bits per heavy atom. The molecule has 0 radical (unpaired) electrons. The van der Waals surface area contributed by atoms with E-state index in [2.05, 4.69) is 5.32 Å². The molecule has 0 aliphatic rings. The molecule has 0 bridgehead atoms. The Kier molecular flexibility index (Phi) is 8.48. The zero-order valence-corrected chi connectivity index (χ0v) is 19.4. The van der Waals surface area contributed by atoms with Crippen molar-refractivity contribution in [2.75, 3.05) is 13.7 Å². The van der Waals surface area contributed by atoms with Crippen LogP contribution in [0.1, 0.15) is 45.2 Å². The minimum absolute atomic E-state index is 0.155. The third kappa shape index (κ3) is 7.63. The highest BCUT2D eigenvalue weighted by atomic mass is 16.5. The van der Waals surface area contributed by atoms with Crippen LogP contribution in [0, 0.1) is 6.92 Å². The monoisotopic (exact) mass is 426 g/mol. The summed E-state index contributed by atoms with van der Waals surface area (Å²) in [5, 5.41) is 3.00. The first-order valence-electron chi connectivity index (χ1n) is 10.6. The van der Waals surface area contributed by atoms with Gasteiger partial charge in [0, 0.05) is 12.1 Å². The number of rotatable bonds is 9. The maximum atomic E-state index is 13.2. The highest BCUT2D eigenvalue weighted by Gasteiger charge is 2.30. The molecular weight excluding hydrogens is 392 g/mol. The molecule has 6 heteroatoms. The lowest BCUT2D eigenvalue weighted by Gasteiger charge is -2.33. The first-order chi connectivity index (χ1) is 14.6. The Hall–Kier alpha value is -3.02. The van der Waals surface area contributed by atoms with E-state index in [1.807, 2.05) is 58.9 Å². The summed E-state index contributed by atoms with van der Waals surface area (Å²) in [6.07, 6.45) is 0.502. The van der Waals surface area contributed by atoms with Gasteiger partial charge in [0.25, 0.3) is 5.91 Å². The Balaban J connectivity index is 2.21. The molecule has 2 amide bonds. The van der Waals surface area contributed by atoms with Gasteiger partial charge in [0.05, 0.1) is 7.11 Å². The van der Waals surface area contributed by atoms with Gasteiger partial charge in [0.2, 0.25) is 5.91 Å². The van der Waals surface area contributed by atoms with E-state index in [-0.39, 0.29) is 24.0 Å².